The van der Waals surface area contributed by atoms with E-state index in [0.29, 0.717) is 10.6 Å². The zero-order valence-corrected chi connectivity index (χ0v) is 15.4. The van der Waals surface area contributed by atoms with Gasteiger partial charge in [0.2, 0.25) is 5.91 Å². The van der Waals surface area contributed by atoms with Crippen molar-refractivity contribution in [2.24, 2.45) is 5.92 Å². The van der Waals surface area contributed by atoms with Gasteiger partial charge in [-0.15, -0.1) is 0 Å². The number of nitriles is 1. The van der Waals surface area contributed by atoms with Gasteiger partial charge in [0.1, 0.15) is 11.9 Å². The molecule has 2 aromatic rings. The van der Waals surface area contributed by atoms with E-state index in [-0.39, 0.29) is 17.9 Å². The van der Waals surface area contributed by atoms with E-state index in [1.807, 2.05) is 37.3 Å². The number of hydrogen-bond donors (Lipinski definition) is 1. The van der Waals surface area contributed by atoms with Gasteiger partial charge in [-0.3, -0.25) is 4.79 Å². The Morgan fingerprint density at radius 3 is 2.65 bits per heavy atom. The van der Waals surface area contributed by atoms with Crippen LogP contribution in [0.5, 0.6) is 0 Å². The van der Waals surface area contributed by atoms with Crippen molar-refractivity contribution in [3.05, 3.63) is 58.7 Å². The van der Waals surface area contributed by atoms with E-state index in [1.165, 1.54) is 0 Å². The van der Waals surface area contributed by atoms with Crippen LogP contribution in [-0.4, -0.2) is 24.0 Å². The maximum atomic E-state index is 12.6. The first kappa shape index (κ1) is 18.2. The summed E-state index contributed by atoms with van der Waals surface area (Å²) >= 11 is 6.21. The number of nitrogens with one attached hydrogen (secondary N) is 1. The molecular formula is C20H21ClN4O. The number of anilines is 1. The van der Waals surface area contributed by atoms with Crippen LogP contribution < -0.4 is 10.2 Å². The third-order valence-corrected chi connectivity index (χ3v) is 5.14. The number of carbonyl (C=O) groups excluding carboxylic acids is 1. The van der Waals surface area contributed by atoms with Crippen molar-refractivity contribution in [3.8, 4) is 6.07 Å². The first-order valence-corrected chi connectivity index (χ1v) is 9.12. The monoisotopic (exact) mass is 368 g/mol. The summed E-state index contributed by atoms with van der Waals surface area (Å²) < 4.78 is 0. The SMILES string of the molecule is C[C@H](NC(=O)C1CCN(c2ccc(C#N)cn2)CC1)c1ccccc1Cl. The summed E-state index contributed by atoms with van der Waals surface area (Å²) in [4.78, 5) is 19.1. The van der Waals surface area contributed by atoms with Crippen molar-refractivity contribution in [1.82, 2.24) is 10.3 Å². The van der Waals surface area contributed by atoms with Gasteiger partial charge in [-0.1, -0.05) is 29.8 Å². The van der Waals surface area contributed by atoms with Gasteiger partial charge in [0.15, 0.2) is 0 Å². The van der Waals surface area contributed by atoms with Crippen molar-refractivity contribution >= 4 is 23.3 Å². The van der Waals surface area contributed by atoms with Gasteiger partial charge in [0.05, 0.1) is 11.6 Å². The number of pyridine rings is 1. The fourth-order valence-corrected chi connectivity index (χ4v) is 3.54. The standard InChI is InChI=1S/C20H21ClN4O/c1-14(17-4-2-3-5-18(17)21)24-20(26)16-8-10-25(11-9-16)19-7-6-15(12-22)13-23-19/h2-7,13-14,16H,8-11H2,1H3,(H,24,26)/t14-/m0/s1. The number of carbonyl (C=O) groups is 1. The molecular weight excluding hydrogens is 348 g/mol. The number of piperidine rings is 1. The lowest BCUT2D eigenvalue weighted by atomic mass is 9.95. The Bertz CT molecular complexity index is 807. The molecule has 0 aliphatic carbocycles. The predicted octanol–water partition coefficient (Wildman–Crippen LogP) is 3.70. The second-order valence-corrected chi connectivity index (χ2v) is 6.94. The fourth-order valence-electron chi connectivity index (χ4n) is 3.25. The molecule has 1 N–H and O–H groups in total. The molecule has 134 valence electrons. The maximum Gasteiger partial charge on any atom is 0.223 e. The van der Waals surface area contributed by atoms with Crippen molar-refractivity contribution < 1.29 is 4.79 Å². The van der Waals surface area contributed by atoms with Gasteiger partial charge in [-0.25, -0.2) is 4.98 Å². The Morgan fingerprint density at radius 1 is 1.31 bits per heavy atom. The summed E-state index contributed by atoms with van der Waals surface area (Å²) in [6.07, 6.45) is 3.14. The first-order chi connectivity index (χ1) is 12.6. The van der Waals surface area contributed by atoms with Gasteiger partial charge in [0, 0.05) is 30.2 Å². The largest absolute Gasteiger partial charge is 0.357 e. The number of halogens is 1. The molecule has 2 heterocycles. The molecule has 1 aliphatic rings. The van der Waals surface area contributed by atoms with Crippen LogP contribution in [0.3, 0.4) is 0 Å². The molecule has 1 aromatic carbocycles. The van der Waals surface area contributed by atoms with Crippen LogP contribution in [0.2, 0.25) is 5.02 Å². The maximum absolute atomic E-state index is 12.6. The molecule has 0 saturated carbocycles. The van der Waals surface area contributed by atoms with Gasteiger partial charge in [-0.05, 0) is 43.5 Å². The smallest absolute Gasteiger partial charge is 0.223 e. The summed E-state index contributed by atoms with van der Waals surface area (Å²) in [7, 11) is 0. The molecule has 1 amide bonds. The van der Waals surface area contributed by atoms with E-state index >= 15 is 0 Å². The number of rotatable bonds is 4. The molecule has 3 rings (SSSR count). The van der Waals surface area contributed by atoms with E-state index in [9.17, 15) is 4.79 Å². The Hall–Kier alpha value is -2.58. The van der Waals surface area contributed by atoms with E-state index in [0.717, 1.165) is 37.3 Å². The summed E-state index contributed by atoms with van der Waals surface area (Å²) in [5.41, 5.74) is 1.48. The lowest BCUT2D eigenvalue weighted by Crippen LogP contribution is -2.41. The summed E-state index contributed by atoms with van der Waals surface area (Å²) in [5, 5.41) is 12.6. The molecule has 0 bridgehead atoms. The van der Waals surface area contributed by atoms with Crippen molar-refractivity contribution in [1.29, 1.82) is 5.26 Å². The average Bonchev–Trinajstić information content (AvgIpc) is 2.68. The second-order valence-electron chi connectivity index (χ2n) is 6.53. The van der Waals surface area contributed by atoms with Crippen LogP contribution >= 0.6 is 11.6 Å². The van der Waals surface area contributed by atoms with E-state index in [1.54, 1.807) is 12.3 Å². The number of amides is 1. The number of hydrogen-bond acceptors (Lipinski definition) is 4. The van der Waals surface area contributed by atoms with Gasteiger partial charge >= 0.3 is 0 Å². The summed E-state index contributed by atoms with van der Waals surface area (Å²) in [6.45, 7) is 3.50. The highest BCUT2D eigenvalue weighted by atomic mass is 35.5. The van der Waals surface area contributed by atoms with Crippen LogP contribution in [0.25, 0.3) is 0 Å². The molecule has 0 spiro atoms. The fraction of sp³-hybridized carbons (Fsp3) is 0.350. The number of aromatic nitrogens is 1. The van der Waals surface area contributed by atoms with E-state index in [2.05, 4.69) is 21.3 Å². The lowest BCUT2D eigenvalue weighted by molar-refractivity contribution is -0.126. The highest BCUT2D eigenvalue weighted by Crippen LogP contribution is 2.25. The molecule has 1 aromatic heterocycles. The van der Waals surface area contributed by atoms with Crippen LogP contribution in [0, 0.1) is 17.2 Å². The van der Waals surface area contributed by atoms with Gasteiger partial charge < -0.3 is 10.2 Å². The zero-order valence-electron chi connectivity index (χ0n) is 14.7. The van der Waals surface area contributed by atoms with Crippen LogP contribution in [-0.2, 0) is 4.79 Å². The third-order valence-electron chi connectivity index (χ3n) is 4.80. The van der Waals surface area contributed by atoms with Crippen LogP contribution in [0.4, 0.5) is 5.82 Å². The van der Waals surface area contributed by atoms with Crippen molar-refractivity contribution in [3.63, 3.8) is 0 Å². The highest BCUT2D eigenvalue weighted by Gasteiger charge is 2.26. The highest BCUT2D eigenvalue weighted by molar-refractivity contribution is 6.31. The quantitative estimate of drug-likeness (QED) is 0.893. The summed E-state index contributed by atoms with van der Waals surface area (Å²) in [6, 6.07) is 13.2. The second kappa shape index (κ2) is 8.20. The minimum absolute atomic E-state index is 0.00503. The van der Waals surface area contributed by atoms with Crippen LogP contribution in [0.15, 0.2) is 42.6 Å². The molecule has 0 unspecified atom stereocenters. The molecule has 1 saturated heterocycles. The number of benzene rings is 1. The molecule has 26 heavy (non-hydrogen) atoms. The molecule has 1 atom stereocenters. The Labute approximate surface area is 158 Å². The summed E-state index contributed by atoms with van der Waals surface area (Å²) in [5.74, 6) is 0.923. The number of nitrogens with zero attached hydrogens (tertiary/aromatic N) is 3. The Morgan fingerprint density at radius 2 is 2.04 bits per heavy atom. The average molecular weight is 369 g/mol. The Kier molecular flexibility index (Phi) is 5.75. The first-order valence-electron chi connectivity index (χ1n) is 8.74. The predicted molar refractivity (Wildman–Crippen MR) is 102 cm³/mol. The lowest BCUT2D eigenvalue weighted by Gasteiger charge is -2.32. The van der Waals surface area contributed by atoms with E-state index in [4.69, 9.17) is 16.9 Å². The zero-order chi connectivity index (χ0) is 18.5. The topological polar surface area (TPSA) is 69.0 Å². The molecule has 1 aliphatic heterocycles. The van der Waals surface area contributed by atoms with Crippen LogP contribution in [0.1, 0.15) is 36.9 Å². The molecule has 0 radical (unpaired) electrons. The van der Waals surface area contributed by atoms with E-state index < -0.39 is 0 Å². The molecule has 6 heteroatoms. The Balaban J connectivity index is 1.55. The molecule has 5 nitrogen and oxygen atoms in total. The van der Waals surface area contributed by atoms with Crippen molar-refractivity contribution in [2.75, 3.05) is 18.0 Å². The third kappa shape index (κ3) is 4.14. The molecule has 1 fully saturated rings. The van der Waals surface area contributed by atoms with Gasteiger partial charge in [0.25, 0.3) is 0 Å². The normalized spacial score (nSPS) is 16.0. The van der Waals surface area contributed by atoms with Gasteiger partial charge in [-0.2, -0.15) is 5.26 Å². The van der Waals surface area contributed by atoms with Crippen molar-refractivity contribution in [2.45, 2.75) is 25.8 Å². The minimum atomic E-state index is -0.116. The minimum Gasteiger partial charge on any atom is -0.357 e.